The van der Waals surface area contributed by atoms with Crippen molar-refractivity contribution in [3.63, 3.8) is 0 Å². The Hall–Kier alpha value is -0.720. The Bertz CT molecular complexity index is 414. The van der Waals surface area contributed by atoms with Gasteiger partial charge in [0.1, 0.15) is 0 Å². The van der Waals surface area contributed by atoms with Gasteiger partial charge < -0.3 is 9.84 Å². The molecule has 0 spiro atoms. The Kier molecular flexibility index (Phi) is 6.39. The zero-order valence-corrected chi connectivity index (χ0v) is 13.6. The molecule has 1 aliphatic heterocycles. The molecule has 118 valence electrons. The van der Waals surface area contributed by atoms with Crippen molar-refractivity contribution in [2.45, 2.75) is 19.1 Å². The van der Waals surface area contributed by atoms with Crippen molar-refractivity contribution in [1.82, 2.24) is 9.80 Å². The smallest absolute Gasteiger partial charge is 0.0923 e. The van der Waals surface area contributed by atoms with Crippen LogP contribution in [0.1, 0.15) is 12.5 Å². The predicted molar refractivity (Wildman–Crippen MR) is 87.7 cm³/mol. The van der Waals surface area contributed by atoms with Crippen LogP contribution in [0.25, 0.3) is 0 Å². The topological polar surface area (TPSA) is 35.9 Å². The molecule has 0 radical (unpaired) electrons. The molecule has 2 rings (SSSR count). The normalized spacial score (nSPS) is 19.6. The van der Waals surface area contributed by atoms with Crippen LogP contribution < -0.4 is 0 Å². The molecule has 2 heterocycles. The molecule has 4 nitrogen and oxygen atoms in total. The minimum atomic E-state index is -0.846. The highest BCUT2D eigenvalue weighted by Gasteiger charge is 2.21. The number of hydrogen-bond donors (Lipinski definition) is 1. The highest BCUT2D eigenvalue weighted by Crippen LogP contribution is 2.14. The van der Waals surface area contributed by atoms with E-state index in [1.165, 1.54) is 5.56 Å². The zero-order valence-electron chi connectivity index (χ0n) is 12.8. The van der Waals surface area contributed by atoms with Crippen LogP contribution in [0.3, 0.4) is 0 Å². The largest absolute Gasteiger partial charge is 0.385 e. The Morgan fingerprint density at radius 3 is 2.90 bits per heavy atom. The standard InChI is InChI=1S/C16H26N2O2S/c1-3-16(2,19)14-18(12-15-4-11-21-13-15)6-5-17-7-9-20-10-8-17/h3-4,11,13,19H,1,5-10,12,14H2,2H3. The molecule has 0 bridgehead atoms. The fraction of sp³-hybridized carbons (Fsp3) is 0.625. The molecule has 1 aliphatic rings. The Morgan fingerprint density at radius 1 is 1.52 bits per heavy atom. The first kappa shape index (κ1) is 16.6. The third kappa shape index (κ3) is 5.88. The highest BCUT2D eigenvalue weighted by atomic mass is 32.1. The van der Waals surface area contributed by atoms with Gasteiger partial charge >= 0.3 is 0 Å². The molecular weight excluding hydrogens is 284 g/mol. The fourth-order valence-electron chi connectivity index (χ4n) is 2.48. The summed E-state index contributed by atoms with van der Waals surface area (Å²) in [5.41, 5.74) is 0.461. The Labute approximate surface area is 131 Å². The fourth-order valence-corrected chi connectivity index (χ4v) is 3.14. The maximum atomic E-state index is 10.3. The molecular formula is C16H26N2O2S. The van der Waals surface area contributed by atoms with E-state index in [1.807, 2.05) is 6.92 Å². The van der Waals surface area contributed by atoms with Gasteiger partial charge in [0.05, 0.1) is 18.8 Å². The van der Waals surface area contributed by atoms with Gasteiger partial charge in [0, 0.05) is 39.3 Å². The maximum absolute atomic E-state index is 10.3. The van der Waals surface area contributed by atoms with Gasteiger partial charge in [-0.05, 0) is 29.3 Å². The van der Waals surface area contributed by atoms with E-state index in [4.69, 9.17) is 4.74 Å². The first-order valence-corrected chi connectivity index (χ1v) is 8.43. The van der Waals surface area contributed by atoms with E-state index in [2.05, 4.69) is 33.2 Å². The summed E-state index contributed by atoms with van der Waals surface area (Å²) in [4.78, 5) is 4.73. The van der Waals surface area contributed by atoms with Crippen LogP contribution in [0.5, 0.6) is 0 Å². The van der Waals surface area contributed by atoms with Crippen LogP contribution in [0.15, 0.2) is 29.5 Å². The molecule has 0 saturated carbocycles. The van der Waals surface area contributed by atoms with Gasteiger partial charge in [0.15, 0.2) is 0 Å². The molecule has 5 heteroatoms. The lowest BCUT2D eigenvalue weighted by atomic mass is 10.1. The Morgan fingerprint density at radius 2 is 2.29 bits per heavy atom. The zero-order chi connectivity index (χ0) is 15.1. The quantitative estimate of drug-likeness (QED) is 0.743. The first-order chi connectivity index (χ1) is 10.1. The lowest BCUT2D eigenvalue weighted by Crippen LogP contribution is -2.45. The highest BCUT2D eigenvalue weighted by molar-refractivity contribution is 7.07. The summed E-state index contributed by atoms with van der Waals surface area (Å²) in [5, 5.41) is 14.5. The third-order valence-corrected chi connectivity index (χ3v) is 4.54. The summed E-state index contributed by atoms with van der Waals surface area (Å²) in [7, 11) is 0. The summed E-state index contributed by atoms with van der Waals surface area (Å²) >= 11 is 1.72. The molecule has 1 aromatic rings. The SMILES string of the molecule is C=CC(C)(O)CN(CCN1CCOCC1)Cc1ccsc1. The number of hydrogen-bond acceptors (Lipinski definition) is 5. The molecule has 0 amide bonds. The molecule has 0 aliphatic carbocycles. The van der Waals surface area contributed by atoms with Crippen LogP contribution in [0.2, 0.25) is 0 Å². The van der Waals surface area contributed by atoms with E-state index in [0.717, 1.165) is 45.9 Å². The average Bonchev–Trinajstić information content (AvgIpc) is 2.98. The van der Waals surface area contributed by atoms with E-state index in [-0.39, 0.29) is 0 Å². The van der Waals surface area contributed by atoms with Crippen molar-refractivity contribution in [3.8, 4) is 0 Å². The van der Waals surface area contributed by atoms with E-state index in [0.29, 0.717) is 6.54 Å². The lowest BCUT2D eigenvalue weighted by Gasteiger charge is -2.33. The van der Waals surface area contributed by atoms with Crippen LogP contribution in [0.4, 0.5) is 0 Å². The minimum absolute atomic E-state index is 0.608. The number of ether oxygens (including phenoxy) is 1. The molecule has 1 saturated heterocycles. The lowest BCUT2D eigenvalue weighted by molar-refractivity contribution is 0.0227. The predicted octanol–water partition coefficient (Wildman–Crippen LogP) is 1.82. The number of rotatable bonds is 8. The molecule has 1 unspecified atom stereocenters. The van der Waals surface area contributed by atoms with Crippen LogP contribution >= 0.6 is 11.3 Å². The maximum Gasteiger partial charge on any atom is 0.0923 e. The van der Waals surface area contributed by atoms with Crippen LogP contribution in [-0.4, -0.2) is 66.4 Å². The van der Waals surface area contributed by atoms with Crippen molar-refractivity contribution in [3.05, 3.63) is 35.0 Å². The third-order valence-electron chi connectivity index (χ3n) is 3.81. The number of nitrogens with zero attached hydrogens (tertiary/aromatic N) is 2. The van der Waals surface area contributed by atoms with Gasteiger partial charge in [-0.1, -0.05) is 6.08 Å². The molecule has 1 aromatic heterocycles. The molecule has 1 fully saturated rings. The molecule has 21 heavy (non-hydrogen) atoms. The molecule has 1 N–H and O–H groups in total. The van der Waals surface area contributed by atoms with E-state index >= 15 is 0 Å². The van der Waals surface area contributed by atoms with Crippen LogP contribution in [-0.2, 0) is 11.3 Å². The Balaban J connectivity index is 1.88. The second kappa shape index (κ2) is 8.06. The molecule has 0 aromatic carbocycles. The minimum Gasteiger partial charge on any atom is -0.385 e. The van der Waals surface area contributed by atoms with Gasteiger partial charge in [-0.25, -0.2) is 0 Å². The van der Waals surface area contributed by atoms with E-state index in [9.17, 15) is 5.11 Å². The average molecular weight is 310 g/mol. The first-order valence-electron chi connectivity index (χ1n) is 7.48. The van der Waals surface area contributed by atoms with Crippen molar-refractivity contribution in [2.75, 3.05) is 45.9 Å². The van der Waals surface area contributed by atoms with Gasteiger partial charge in [-0.2, -0.15) is 11.3 Å². The van der Waals surface area contributed by atoms with Gasteiger partial charge in [-0.3, -0.25) is 9.80 Å². The van der Waals surface area contributed by atoms with Gasteiger partial charge in [-0.15, -0.1) is 6.58 Å². The van der Waals surface area contributed by atoms with E-state index in [1.54, 1.807) is 17.4 Å². The summed E-state index contributed by atoms with van der Waals surface area (Å²) in [6.07, 6.45) is 1.63. The molecule has 1 atom stereocenters. The number of thiophene rings is 1. The number of aliphatic hydroxyl groups is 1. The summed E-state index contributed by atoms with van der Waals surface area (Å²) < 4.78 is 5.38. The van der Waals surface area contributed by atoms with Crippen molar-refractivity contribution >= 4 is 11.3 Å². The van der Waals surface area contributed by atoms with Crippen LogP contribution in [0, 0.1) is 0 Å². The summed E-state index contributed by atoms with van der Waals surface area (Å²) in [6, 6.07) is 2.15. The van der Waals surface area contributed by atoms with Crippen molar-refractivity contribution in [2.24, 2.45) is 0 Å². The number of morpholine rings is 1. The van der Waals surface area contributed by atoms with Crippen molar-refractivity contribution < 1.29 is 9.84 Å². The second-order valence-electron chi connectivity index (χ2n) is 5.86. The monoisotopic (exact) mass is 310 g/mol. The van der Waals surface area contributed by atoms with Gasteiger partial charge in [0.2, 0.25) is 0 Å². The second-order valence-corrected chi connectivity index (χ2v) is 6.64. The van der Waals surface area contributed by atoms with Crippen molar-refractivity contribution in [1.29, 1.82) is 0 Å². The summed E-state index contributed by atoms with van der Waals surface area (Å²) in [6.45, 7) is 12.7. The summed E-state index contributed by atoms with van der Waals surface area (Å²) in [5.74, 6) is 0. The van der Waals surface area contributed by atoms with E-state index < -0.39 is 5.60 Å². The van der Waals surface area contributed by atoms with Gasteiger partial charge in [0.25, 0.3) is 0 Å².